The summed E-state index contributed by atoms with van der Waals surface area (Å²) in [5.74, 6) is -3.70. The Labute approximate surface area is 103 Å². The molecule has 0 aliphatic heterocycles. The van der Waals surface area contributed by atoms with Gasteiger partial charge in [-0.1, -0.05) is 0 Å². The molecule has 0 heterocycles. The van der Waals surface area contributed by atoms with Gasteiger partial charge in [-0.2, -0.15) is 0 Å². The largest absolute Gasteiger partial charge is 2.00 e. The molecule has 0 saturated heterocycles. The number of hydrogen-bond donors (Lipinski definition) is 3. The zero-order valence-electron chi connectivity index (χ0n) is 8.35. The van der Waals surface area contributed by atoms with E-state index in [1.54, 1.807) is 0 Å². The molecule has 0 aromatic heterocycles. The fraction of sp³-hybridized carbons (Fsp3) is 0.714. The Kier molecular flexibility index (Phi) is 21.6. The first-order chi connectivity index (χ1) is 5.57. The van der Waals surface area contributed by atoms with Gasteiger partial charge < -0.3 is 37.8 Å². The number of carbonyl (C=O) groups excluding carboxylic acids is 2. The summed E-state index contributed by atoms with van der Waals surface area (Å²) in [4.78, 5) is 20.3. The van der Waals surface area contributed by atoms with Gasteiger partial charge >= 0.3 is 21.1 Å². The molecule has 0 radical (unpaired) electrons. The van der Waals surface area contributed by atoms with Crippen molar-refractivity contribution in [2.45, 2.75) is 19.3 Å². The Morgan fingerprint density at radius 3 is 1.93 bits per heavy atom. The van der Waals surface area contributed by atoms with Crippen LogP contribution >= 0.6 is 0 Å². The first-order valence-corrected chi connectivity index (χ1v) is 3.68. The van der Waals surface area contributed by atoms with Crippen molar-refractivity contribution in [3.8, 4) is 0 Å². The smallest absolute Gasteiger partial charge is 0.550 e. The summed E-state index contributed by atoms with van der Waals surface area (Å²) in [7, 11) is 0. The molecule has 94 valence electrons. The quantitative estimate of drug-likeness (QED) is 0.442. The van der Waals surface area contributed by atoms with Gasteiger partial charge in [0.2, 0.25) is 0 Å². The fourth-order valence-electron chi connectivity index (χ4n) is 0.869. The third-order valence-electron chi connectivity index (χ3n) is 1.50. The van der Waals surface area contributed by atoms with E-state index in [1.807, 2.05) is 0 Å². The summed E-state index contributed by atoms with van der Waals surface area (Å²) in [6.07, 6.45) is 0.209. The van der Waals surface area contributed by atoms with Crippen LogP contribution in [-0.4, -0.2) is 18.5 Å². The average molecular weight is 402 g/mol. The molecule has 0 aromatic carbocycles. The van der Waals surface area contributed by atoms with Gasteiger partial charge in [-0.15, -0.1) is 0 Å². The van der Waals surface area contributed by atoms with Crippen LogP contribution in [0.5, 0.6) is 0 Å². The number of aliphatic carboxylic acids is 2. The van der Waals surface area contributed by atoms with E-state index in [9.17, 15) is 19.8 Å². The van der Waals surface area contributed by atoms with Gasteiger partial charge in [-0.05, 0) is 25.8 Å². The van der Waals surface area contributed by atoms with Crippen molar-refractivity contribution in [2.75, 3.05) is 6.54 Å². The molecule has 0 spiro atoms. The van der Waals surface area contributed by atoms with E-state index in [1.165, 1.54) is 0 Å². The third-order valence-corrected chi connectivity index (χ3v) is 1.50. The van der Waals surface area contributed by atoms with Gasteiger partial charge in [0.1, 0.15) is 0 Å². The fourth-order valence-corrected chi connectivity index (χ4v) is 0.869. The summed E-state index contributed by atoms with van der Waals surface area (Å²) in [6, 6.07) is 0. The van der Waals surface area contributed by atoms with Crippen molar-refractivity contribution in [1.82, 2.24) is 12.3 Å². The first kappa shape index (κ1) is 24.0. The van der Waals surface area contributed by atoms with Crippen molar-refractivity contribution >= 4 is 11.9 Å². The molecule has 0 aromatic rings. The number of nitrogens with two attached hydrogens (primary N) is 1. The standard InChI is InChI=1S/C7H13NO4.2H3N.Pt/c8-3-1-2-5(7(11)12)4-6(9)10;;;/h5H,1-4,8H2,(H,9,10)(H,11,12);2*1H3;/q;;;+2/p-2. The predicted octanol–water partition coefficient (Wildman–Crippen LogP) is -2.45. The molecule has 0 amide bonds. The van der Waals surface area contributed by atoms with Crippen LogP contribution in [0.4, 0.5) is 0 Å². The summed E-state index contributed by atoms with van der Waals surface area (Å²) >= 11 is 0. The zero-order chi connectivity index (χ0) is 9.56. The molecule has 1 atom stereocenters. The number of hydrogen-bond acceptors (Lipinski definition) is 7. The summed E-state index contributed by atoms with van der Waals surface area (Å²) in [6.45, 7) is 0.344. The summed E-state index contributed by atoms with van der Waals surface area (Å²) in [5, 5.41) is 20.3. The van der Waals surface area contributed by atoms with Gasteiger partial charge in [0.15, 0.2) is 0 Å². The molecule has 7 nitrogen and oxygen atoms in total. The third kappa shape index (κ3) is 13.5. The van der Waals surface area contributed by atoms with Crippen molar-refractivity contribution in [1.29, 1.82) is 0 Å². The number of carboxylic acid groups (broad SMARTS) is 2. The molecule has 0 bridgehead atoms. The molecular formula is C7H17N3O4Pt. The van der Waals surface area contributed by atoms with Gasteiger partial charge in [0, 0.05) is 17.9 Å². The molecule has 0 fully saturated rings. The van der Waals surface area contributed by atoms with Crippen LogP contribution in [-0.2, 0) is 30.7 Å². The van der Waals surface area contributed by atoms with Crippen LogP contribution in [0.25, 0.3) is 0 Å². The zero-order valence-corrected chi connectivity index (χ0v) is 10.6. The van der Waals surface area contributed by atoms with E-state index in [0.717, 1.165) is 0 Å². The van der Waals surface area contributed by atoms with Gasteiger partial charge in [0.05, 0.1) is 0 Å². The Balaban J connectivity index is -0.000000202. The molecule has 0 aliphatic carbocycles. The maximum atomic E-state index is 10.3. The van der Waals surface area contributed by atoms with Crippen LogP contribution in [0.2, 0.25) is 0 Å². The van der Waals surface area contributed by atoms with E-state index in [-0.39, 0.29) is 39.8 Å². The average Bonchev–Trinajstić information content (AvgIpc) is 1.96. The summed E-state index contributed by atoms with van der Waals surface area (Å²) < 4.78 is 0. The second-order valence-electron chi connectivity index (χ2n) is 2.52. The minimum absolute atomic E-state index is 0. The monoisotopic (exact) mass is 402 g/mol. The SMILES string of the molecule is N.N.NCCCC(CC(=O)[O-])C(=O)[O-].[Pt+2]. The summed E-state index contributed by atoms with van der Waals surface area (Å²) in [5.41, 5.74) is 5.13. The van der Waals surface area contributed by atoms with Crippen molar-refractivity contribution in [2.24, 2.45) is 11.7 Å². The maximum Gasteiger partial charge on any atom is 2.00 e. The maximum absolute atomic E-state index is 10.3. The first-order valence-electron chi connectivity index (χ1n) is 3.68. The van der Waals surface area contributed by atoms with E-state index >= 15 is 0 Å². The molecule has 8 heteroatoms. The topological polar surface area (TPSA) is 176 Å². The van der Waals surface area contributed by atoms with Crippen molar-refractivity contribution in [3.63, 3.8) is 0 Å². The molecule has 0 aliphatic rings. The van der Waals surface area contributed by atoms with Crippen LogP contribution in [0.15, 0.2) is 0 Å². The van der Waals surface area contributed by atoms with Gasteiger partial charge in [0.25, 0.3) is 0 Å². The molecule has 0 saturated carbocycles. The Morgan fingerprint density at radius 1 is 1.20 bits per heavy atom. The molecule has 1 unspecified atom stereocenters. The van der Waals surface area contributed by atoms with E-state index in [2.05, 4.69) is 0 Å². The molecule has 0 rings (SSSR count). The molecule has 15 heavy (non-hydrogen) atoms. The number of carbonyl (C=O) groups is 2. The van der Waals surface area contributed by atoms with Crippen LogP contribution in [0.1, 0.15) is 19.3 Å². The Hall–Kier alpha value is -0.492. The van der Waals surface area contributed by atoms with Crippen LogP contribution < -0.4 is 28.2 Å². The van der Waals surface area contributed by atoms with E-state index < -0.39 is 24.3 Å². The number of rotatable bonds is 6. The second kappa shape index (κ2) is 13.5. The Bertz CT molecular complexity index is 180. The Morgan fingerprint density at radius 2 is 1.67 bits per heavy atom. The normalized spacial score (nSPS) is 9.93. The minimum Gasteiger partial charge on any atom is -0.550 e. The van der Waals surface area contributed by atoms with Crippen molar-refractivity contribution < 1.29 is 40.9 Å². The van der Waals surface area contributed by atoms with Gasteiger partial charge in [-0.3, -0.25) is 0 Å². The van der Waals surface area contributed by atoms with E-state index in [0.29, 0.717) is 13.0 Å². The van der Waals surface area contributed by atoms with Crippen LogP contribution in [0.3, 0.4) is 0 Å². The van der Waals surface area contributed by atoms with E-state index in [4.69, 9.17) is 5.73 Å². The predicted molar refractivity (Wildman–Crippen MR) is 46.5 cm³/mol. The van der Waals surface area contributed by atoms with Gasteiger partial charge in [-0.25, -0.2) is 0 Å². The minimum atomic E-state index is -1.37. The second-order valence-corrected chi connectivity index (χ2v) is 2.52. The molecule has 8 N–H and O–H groups in total. The molecular weight excluding hydrogens is 385 g/mol. The number of carboxylic acids is 2. The van der Waals surface area contributed by atoms with Crippen LogP contribution in [0, 0.1) is 5.92 Å². The van der Waals surface area contributed by atoms with Crippen molar-refractivity contribution in [3.05, 3.63) is 0 Å².